The third-order valence-corrected chi connectivity index (χ3v) is 5.14. The molecule has 30 heavy (non-hydrogen) atoms. The number of aliphatic carboxylic acids is 2. The Labute approximate surface area is 173 Å². The van der Waals surface area contributed by atoms with Crippen molar-refractivity contribution < 1.29 is 39.3 Å². The number of hydrogen-bond donors (Lipinski definition) is 6. The zero-order valence-corrected chi connectivity index (χ0v) is 17.0. The quantitative estimate of drug-likeness (QED) is 0.212. The number of nitrogens with zero attached hydrogens (tertiary/aromatic N) is 1. The van der Waals surface area contributed by atoms with Gasteiger partial charge in [0.2, 0.25) is 17.7 Å². The van der Waals surface area contributed by atoms with E-state index in [4.69, 9.17) is 10.8 Å². The molecule has 0 saturated carbocycles. The van der Waals surface area contributed by atoms with Gasteiger partial charge in [-0.2, -0.15) is 0 Å². The first-order valence-corrected chi connectivity index (χ1v) is 9.75. The molecule has 1 rings (SSSR count). The predicted octanol–water partition coefficient (Wildman–Crippen LogP) is -2.13. The van der Waals surface area contributed by atoms with Crippen LogP contribution in [-0.4, -0.2) is 87.2 Å². The number of rotatable bonds is 11. The summed E-state index contributed by atoms with van der Waals surface area (Å²) in [5.74, 6) is -5.12. The van der Waals surface area contributed by atoms with Gasteiger partial charge >= 0.3 is 11.9 Å². The molecule has 1 heterocycles. The lowest BCUT2D eigenvalue weighted by Crippen LogP contribution is -2.59. The highest BCUT2D eigenvalue weighted by Crippen LogP contribution is 2.21. The van der Waals surface area contributed by atoms with Crippen LogP contribution in [0.3, 0.4) is 0 Å². The van der Waals surface area contributed by atoms with Crippen molar-refractivity contribution >= 4 is 29.7 Å². The van der Waals surface area contributed by atoms with Crippen molar-refractivity contribution in [2.24, 2.45) is 11.7 Å². The van der Waals surface area contributed by atoms with E-state index < -0.39 is 66.9 Å². The van der Waals surface area contributed by atoms with Crippen molar-refractivity contribution in [2.75, 3.05) is 13.2 Å². The number of carbonyl (C=O) groups excluding carboxylic acids is 3. The van der Waals surface area contributed by atoms with Crippen molar-refractivity contribution in [2.45, 2.75) is 63.7 Å². The number of amides is 3. The fourth-order valence-corrected chi connectivity index (χ4v) is 3.16. The van der Waals surface area contributed by atoms with Crippen LogP contribution in [0.15, 0.2) is 0 Å². The highest BCUT2D eigenvalue weighted by Gasteiger charge is 2.39. The normalized spacial score (nSPS) is 20.0. The Morgan fingerprint density at radius 2 is 1.77 bits per heavy atom. The molecule has 0 aromatic carbocycles. The zero-order valence-electron chi connectivity index (χ0n) is 17.0. The lowest BCUT2D eigenvalue weighted by molar-refractivity contribution is -0.150. The number of nitrogens with two attached hydrogens (primary N) is 1. The summed E-state index contributed by atoms with van der Waals surface area (Å²) >= 11 is 0. The van der Waals surface area contributed by atoms with Crippen LogP contribution in [-0.2, 0) is 24.0 Å². The van der Waals surface area contributed by atoms with Crippen molar-refractivity contribution in [3.63, 3.8) is 0 Å². The van der Waals surface area contributed by atoms with E-state index >= 15 is 0 Å². The molecule has 12 heteroatoms. The minimum atomic E-state index is -1.45. The molecule has 5 unspecified atom stereocenters. The smallest absolute Gasteiger partial charge is 0.326 e. The Morgan fingerprint density at radius 3 is 2.27 bits per heavy atom. The van der Waals surface area contributed by atoms with Gasteiger partial charge in [0.05, 0.1) is 19.1 Å². The van der Waals surface area contributed by atoms with Crippen LogP contribution in [0.1, 0.15) is 39.5 Å². The second-order valence-corrected chi connectivity index (χ2v) is 7.35. The van der Waals surface area contributed by atoms with Gasteiger partial charge in [0.15, 0.2) is 0 Å². The molecule has 0 bridgehead atoms. The summed E-state index contributed by atoms with van der Waals surface area (Å²) in [4.78, 5) is 60.8. The number of nitrogens with one attached hydrogen (secondary N) is 2. The molecule has 0 aliphatic carbocycles. The number of carbonyl (C=O) groups is 5. The summed E-state index contributed by atoms with van der Waals surface area (Å²) in [7, 11) is 0. The van der Waals surface area contributed by atoms with Crippen LogP contribution in [0.5, 0.6) is 0 Å². The number of hydrogen-bond acceptors (Lipinski definition) is 7. The average molecular weight is 430 g/mol. The van der Waals surface area contributed by atoms with Crippen molar-refractivity contribution in [1.29, 1.82) is 0 Å². The molecule has 170 valence electrons. The molecule has 1 aliphatic heterocycles. The van der Waals surface area contributed by atoms with E-state index in [1.165, 1.54) is 4.90 Å². The fraction of sp³-hybridized carbons (Fsp3) is 0.722. The second kappa shape index (κ2) is 11.5. The third-order valence-electron chi connectivity index (χ3n) is 5.14. The van der Waals surface area contributed by atoms with Gasteiger partial charge < -0.3 is 36.6 Å². The number of aliphatic hydroxyl groups excluding tert-OH is 1. The summed E-state index contributed by atoms with van der Waals surface area (Å²) < 4.78 is 0. The molecule has 12 nitrogen and oxygen atoms in total. The van der Waals surface area contributed by atoms with Gasteiger partial charge in [-0.3, -0.25) is 19.2 Å². The topological polar surface area (TPSA) is 199 Å². The maximum absolute atomic E-state index is 13.0. The van der Waals surface area contributed by atoms with Gasteiger partial charge in [0.1, 0.15) is 18.1 Å². The van der Waals surface area contributed by atoms with Crippen LogP contribution in [0.4, 0.5) is 0 Å². The summed E-state index contributed by atoms with van der Waals surface area (Å²) in [6.07, 6.45) is 0.687. The SMILES string of the molecule is CCC(C)C(NC(=O)C(CO)NC(=O)C(N)CC(=O)O)C(=O)N1CCCC1C(=O)O. The van der Waals surface area contributed by atoms with E-state index in [2.05, 4.69) is 10.6 Å². The summed E-state index contributed by atoms with van der Waals surface area (Å²) in [6, 6.07) is -4.90. The largest absolute Gasteiger partial charge is 0.481 e. The predicted molar refractivity (Wildman–Crippen MR) is 103 cm³/mol. The number of likely N-dealkylation sites (tertiary alicyclic amines) is 1. The number of carboxylic acid groups (broad SMARTS) is 2. The molecule has 1 fully saturated rings. The lowest BCUT2D eigenvalue weighted by atomic mass is 9.97. The zero-order chi connectivity index (χ0) is 23.0. The molecule has 0 radical (unpaired) electrons. The van der Waals surface area contributed by atoms with Gasteiger partial charge in [-0.1, -0.05) is 20.3 Å². The van der Waals surface area contributed by atoms with E-state index in [9.17, 15) is 34.2 Å². The van der Waals surface area contributed by atoms with E-state index in [1.807, 2.05) is 0 Å². The molecule has 7 N–H and O–H groups in total. The molecule has 5 atom stereocenters. The van der Waals surface area contributed by atoms with E-state index in [0.29, 0.717) is 19.3 Å². The standard InChI is InChI=1S/C18H30N4O8/c1-3-9(2)14(17(28)22-6-4-5-12(22)18(29)30)21-16(27)11(8-23)20-15(26)10(19)7-13(24)25/h9-12,14,23H,3-8,19H2,1-2H3,(H,20,26)(H,21,27)(H,24,25)(H,29,30). The van der Waals surface area contributed by atoms with Gasteiger partial charge in [0, 0.05) is 6.54 Å². The summed E-state index contributed by atoms with van der Waals surface area (Å²) in [5.41, 5.74) is 5.44. The summed E-state index contributed by atoms with van der Waals surface area (Å²) in [5, 5.41) is 32.1. The van der Waals surface area contributed by atoms with E-state index in [0.717, 1.165) is 0 Å². The van der Waals surface area contributed by atoms with Crippen LogP contribution >= 0.6 is 0 Å². The fourth-order valence-electron chi connectivity index (χ4n) is 3.16. The molecule has 3 amide bonds. The molecular formula is C18H30N4O8. The van der Waals surface area contributed by atoms with Gasteiger partial charge in [-0.25, -0.2) is 4.79 Å². The number of carboxylic acids is 2. The maximum Gasteiger partial charge on any atom is 0.326 e. The Bertz CT molecular complexity index is 671. The van der Waals surface area contributed by atoms with Crippen LogP contribution in [0.2, 0.25) is 0 Å². The summed E-state index contributed by atoms with van der Waals surface area (Å²) in [6.45, 7) is 2.96. The number of aliphatic hydroxyl groups is 1. The van der Waals surface area contributed by atoms with Crippen LogP contribution in [0, 0.1) is 5.92 Å². The molecule has 0 spiro atoms. The minimum Gasteiger partial charge on any atom is -0.481 e. The van der Waals surface area contributed by atoms with E-state index in [1.54, 1.807) is 13.8 Å². The lowest BCUT2D eigenvalue weighted by Gasteiger charge is -2.31. The van der Waals surface area contributed by atoms with Crippen molar-refractivity contribution in [1.82, 2.24) is 15.5 Å². The highest BCUT2D eigenvalue weighted by atomic mass is 16.4. The Balaban J connectivity index is 2.91. The van der Waals surface area contributed by atoms with Crippen LogP contribution in [0.25, 0.3) is 0 Å². The Kier molecular flexibility index (Phi) is 9.66. The minimum absolute atomic E-state index is 0.253. The first kappa shape index (κ1) is 25.3. The monoisotopic (exact) mass is 430 g/mol. The van der Waals surface area contributed by atoms with E-state index in [-0.39, 0.29) is 12.5 Å². The second-order valence-electron chi connectivity index (χ2n) is 7.35. The highest BCUT2D eigenvalue weighted by molar-refractivity contribution is 5.95. The van der Waals surface area contributed by atoms with Crippen molar-refractivity contribution in [3.8, 4) is 0 Å². The third kappa shape index (κ3) is 6.66. The van der Waals surface area contributed by atoms with Gasteiger partial charge in [-0.05, 0) is 18.8 Å². The molecule has 0 aromatic rings. The Morgan fingerprint density at radius 1 is 1.13 bits per heavy atom. The first-order valence-electron chi connectivity index (χ1n) is 9.75. The molecule has 1 aliphatic rings. The average Bonchev–Trinajstić information content (AvgIpc) is 3.18. The van der Waals surface area contributed by atoms with Gasteiger partial charge in [0.25, 0.3) is 0 Å². The van der Waals surface area contributed by atoms with Gasteiger partial charge in [-0.15, -0.1) is 0 Å². The molecular weight excluding hydrogens is 400 g/mol. The molecule has 1 saturated heterocycles. The maximum atomic E-state index is 13.0. The Hall–Kier alpha value is -2.73. The first-order chi connectivity index (χ1) is 14.0. The molecule has 0 aromatic heterocycles. The van der Waals surface area contributed by atoms with Crippen molar-refractivity contribution in [3.05, 3.63) is 0 Å². The van der Waals surface area contributed by atoms with Crippen LogP contribution < -0.4 is 16.4 Å².